The van der Waals surface area contributed by atoms with Crippen molar-refractivity contribution in [3.63, 3.8) is 0 Å². The van der Waals surface area contributed by atoms with Gasteiger partial charge in [-0.05, 0) is 50.5 Å². The first-order valence-electron chi connectivity index (χ1n) is 9.08. The van der Waals surface area contributed by atoms with Gasteiger partial charge in [-0.3, -0.25) is 9.59 Å². The van der Waals surface area contributed by atoms with E-state index in [2.05, 4.69) is 0 Å². The largest absolute Gasteiger partial charge is 0.497 e. The lowest BCUT2D eigenvalue weighted by Gasteiger charge is -2.17. The summed E-state index contributed by atoms with van der Waals surface area (Å²) in [5.41, 5.74) is 2.63. The second kappa shape index (κ2) is 6.80. The minimum Gasteiger partial charge on any atom is -0.497 e. The van der Waals surface area contributed by atoms with Crippen LogP contribution in [-0.4, -0.2) is 50.1 Å². The maximum Gasteiger partial charge on any atom is 0.259 e. The van der Waals surface area contributed by atoms with Crippen LogP contribution in [-0.2, 0) is 6.54 Å². The van der Waals surface area contributed by atoms with E-state index in [0.29, 0.717) is 46.8 Å². The predicted molar refractivity (Wildman–Crippen MR) is 109 cm³/mol. The fourth-order valence-electron chi connectivity index (χ4n) is 3.76. The van der Waals surface area contributed by atoms with Gasteiger partial charge in [0.2, 0.25) is 0 Å². The van der Waals surface area contributed by atoms with Gasteiger partial charge < -0.3 is 18.9 Å². The van der Waals surface area contributed by atoms with Gasteiger partial charge in [0.05, 0.1) is 25.3 Å². The van der Waals surface area contributed by atoms with Crippen LogP contribution in [0.2, 0.25) is 0 Å². The number of methoxy groups -OCH3 is 2. The van der Waals surface area contributed by atoms with Gasteiger partial charge in [-0.2, -0.15) is 0 Å². The van der Waals surface area contributed by atoms with Crippen LogP contribution in [0.25, 0.3) is 22.0 Å². The molecule has 3 aromatic rings. The van der Waals surface area contributed by atoms with Gasteiger partial charge in [-0.25, -0.2) is 0 Å². The zero-order valence-corrected chi connectivity index (χ0v) is 16.4. The molecular formula is C22H22N2O4. The Hall–Kier alpha value is -3.12. The standard InChI is InChI=1S/C22H22N2O4/c1-23(2)9-10-24-18-8-6-14(28-4)12-17(18)19-20(22(24)26)16-11-13(27-3)5-7-15(16)21(19)25/h5-8,11-12H,9-10H2,1-4H3. The molecule has 0 saturated carbocycles. The molecule has 0 bridgehead atoms. The van der Waals surface area contributed by atoms with E-state index < -0.39 is 0 Å². The molecular weight excluding hydrogens is 356 g/mol. The van der Waals surface area contributed by atoms with Gasteiger partial charge in [0.25, 0.3) is 5.56 Å². The van der Waals surface area contributed by atoms with E-state index in [0.717, 1.165) is 10.9 Å². The third kappa shape index (κ3) is 2.68. The monoisotopic (exact) mass is 378 g/mol. The molecule has 0 unspecified atom stereocenters. The van der Waals surface area contributed by atoms with Gasteiger partial charge >= 0.3 is 0 Å². The summed E-state index contributed by atoms with van der Waals surface area (Å²) in [6.07, 6.45) is 0. The third-order valence-corrected chi connectivity index (χ3v) is 5.21. The van der Waals surface area contributed by atoms with Crippen LogP contribution in [0.4, 0.5) is 0 Å². The quantitative estimate of drug-likeness (QED) is 0.534. The molecule has 4 rings (SSSR count). The molecule has 144 valence electrons. The highest BCUT2D eigenvalue weighted by Crippen LogP contribution is 2.40. The van der Waals surface area contributed by atoms with Crippen molar-refractivity contribution in [3.05, 3.63) is 57.9 Å². The van der Waals surface area contributed by atoms with Crippen LogP contribution >= 0.6 is 0 Å². The maximum absolute atomic E-state index is 13.5. The smallest absolute Gasteiger partial charge is 0.259 e. The lowest BCUT2D eigenvalue weighted by atomic mass is 10.0. The number of hydrogen-bond donors (Lipinski definition) is 0. The minimum atomic E-state index is -0.158. The first-order chi connectivity index (χ1) is 13.5. The number of nitrogens with zero attached hydrogens (tertiary/aromatic N) is 2. The number of fused-ring (bicyclic) bond motifs is 5. The molecule has 1 aromatic heterocycles. The average Bonchev–Trinajstić information content (AvgIpc) is 2.99. The van der Waals surface area contributed by atoms with Gasteiger partial charge in [-0.1, -0.05) is 0 Å². The second-order valence-electron chi connectivity index (χ2n) is 7.13. The van der Waals surface area contributed by atoms with Crippen LogP contribution in [0.1, 0.15) is 15.9 Å². The van der Waals surface area contributed by atoms with Gasteiger partial charge in [0.15, 0.2) is 5.78 Å². The number of benzene rings is 2. The fraction of sp³-hybridized carbons (Fsp3) is 0.273. The average molecular weight is 378 g/mol. The number of aromatic nitrogens is 1. The molecule has 0 spiro atoms. The summed E-state index contributed by atoms with van der Waals surface area (Å²) >= 11 is 0. The van der Waals surface area contributed by atoms with E-state index in [9.17, 15) is 9.59 Å². The molecule has 6 heteroatoms. The predicted octanol–water partition coefficient (Wildman–Crippen LogP) is 2.79. The molecule has 6 nitrogen and oxygen atoms in total. The molecule has 0 amide bonds. The molecule has 0 atom stereocenters. The third-order valence-electron chi connectivity index (χ3n) is 5.21. The van der Waals surface area contributed by atoms with Crippen LogP contribution in [0.3, 0.4) is 0 Å². The van der Waals surface area contributed by atoms with Crippen molar-refractivity contribution in [2.45, 2.75) is 6.54 Å². The summed E-state index contributed by atoms with van der Waals surface area (Å²) in [7, 11) is 7.09. The Morgan fingerprint density at radius 2 is 1.57 bits per heavy atom. The van der Waals surface area contributed by atoms with Crippen LogP contribution < -0.4 is 15.0 Å². The zero-order valence-electron chi connectivity index (χ0n) is 16.4. The number of hydrogen-bond acceptors (Lipinski definition) is 5. The van der Waals surface area contributed by atoms with E-state index in [-0.39, 0.29) is 11.3 Å². The summed E-state index contributed by atoms with van der Waals surface area (Å²) in [4.78, 5) is 28.7. The van der Waals surface area contributed by atoms with Crippen molar-refractivity contribution in [1.29, 1.82) is 0 Å². The molecule has 28 heavy (non-hydrogen) atoms. The molecule has 0 aliphatic heterocycles. The fourth-order valence-corrected chi connectivity index (χ4v) is 3.76. The Labute approximate surface area is 162 Å². The summed E-state index contributed by atoms with van der Waals surface area (Å²) < 4.78 is 12.4. The SMILES string of the molecule is COc1ccc2c(c1)-c1c(c3cc(OC)ccc3n(CCN(C)C)c1=O)C2=O. The highest BCUT2D eigenvalue weighted by atomic mass is 16.5. The summed E-state index contributed by atoms with van der Waals surface area (Å²) in [6, 6.07) is 10.7. The molecule has 0 saturated heterocycles. The summed E-state index contributed by atoms with van der Waals surface area (Å²) in [5.74, 6) is 1.13. The van der Waals surface area contributed by atoms with Crippen LogP contribution in [0.15, 0.2) is 41.2 Å². The zero-order chi connectivity index (χ0) is 20.0. The first kappa shape index (κ1) is 18.3. The van der Waals surface area contributed by atoms with Crippen LogP contribution in [0, 0.1) is 0 Å². The van der Waals surface area contributed by atoms with Crippen molar-refractivity contribution in [2.24, 2.45) is 0 Å². The van der Waals surface area contributed by atoms with E-state index >= 15 is 0 Å². The van der Waals surface area contributed by atoms with Gasteiger partial charge in [-0.15, -0.1) is 0 Å². The van der Waals surface area contributed by atoms with E-state index in [4.69, 9.17) is 9.47 Å². The van der Waals surface area contributed by atoms with Gasteiger partial charge in [0, 0.05) is 35.2 Å². The molecule has 0 N–H and O–H groups in total. The highest BCUT2D eigenvalue weighted by molar-refractivity contribution is 6.27. The van der Waals surface area contributed by atoms with E-state index in [1.807, 2.05) is 37.2 Å². The number of rotatable bonds is 5. The number of likely N-dealkylation sites (N-methyl/N-ethyl adjacent to an activating group) is 1. The molecule has 0 fully saturated rings. The molecule has 2 aromatic carbocycles. The Morgan fingerprint density at radius 3 is 2.25 bits per heavy atom. The topological polar surface area (TPSA) is 60.8 Å². The number of carbonyl (C=O) groups excluding carboxylic acids is 1. The summed E-state index contributed by atoms with van der Waals surface area (Å²) in [5, 5.41) is 0.730. The Morgan fingerprint density at radius 1 is 0.893 bits per heavy atom. The molecule has 1 heterocycles. The highest BCUT2D eigenvalue weighted by Gasteiger charge is 2.33. The number of ketones is 1. The Bertz CT molecular complexity index is 1160. The van der Waals surface area contributed by atoms with Crippen molar-refractivity contribution >= 4 is 16.7 Å². The van der Waals surface area contributed by atoms with Crippen molar-refractivity contribution in [3.8, 4) is 22.6 Å². The van der Waals surface area contributed by atoms with Crippen molar-refractivity contribution in [2.75, 3.05) is 34.9 Å². The summed E-state index contributed by atoms with van der Waals surface area (Å²) in [6.45, 7) is 1.23. The van der Waals surface area contributed by atoms with E-state index in [1.54, 1.807) is 37.0 Å². The number of pyridine rings is 1. The lowest BCUT2D eigenvalue weighted by molar-refractivity contribution is 0.104. The molecule has 1 aliphatic carbocycles. The molecule has 1 aliphatic rings. The molecule has 0 radical (unpaired) electrons. The Kier molecular flexibility index (Phi) is 4.43. The number of ether oxygens (including phenoxy) is 2. The second-order valence-corrected chi connectivity index (χ2v) is 7.13. The Balaban J connectivity index is 2.09. The maximum atomic E-state index is 13.5. The van der Waals surface area contributed by atoms with Crippen molar-refractivity contribution < 1.29 is 14.3 Å². The first-order valence-corrected chi connectivity index (χ1v) is 9.08. The van der Waals surface area contributed by atoms with Gasteiger partial charge in [0.1, 0.15) is 11.5 Å². The minimum absolute atomic E-state index is 0.136. The number of carbonyl (C=O) groups is 1. The van der Waals surface area contributed by atoms with E-state index in [1.165, 1.54) is 0 Å². The van der Waals surface area contributed by atoms with Crippen LogP contribution in [0.5, 0.6) is 11.5 Å². The lowest BCUT2D eigenvalue weighted by Crippen LogP contribution is -2.28. The normalized spacial score (nSPS) is 12.4. The van der Waals surface area contributed by atoms with Crippen molar-refractivity contribution in [1.82, 2.24) is 9.47 Å².